The van der Waals surface area contributed by atoms with E-state index in [-0.39, 0.29) is 27.4 Å². The summed E-state index contributed by atoms with van der Waals surface area (Å²) >= 11 is 0. The van der Waals surface area contributed by atoms with Crippen LogP contribution in [0.5, 0.6) is 0 Å². The van der Waals surface area contributed by atoms with Crippen molar-refractivity contribution in [3.8, 4) is 11.3 Å². The molecule has 0 fully saturated rings. The van der Waals surface area contributed by atoms with Crippen LogP contribution in [0.3, 0.4) is 0 Å². The van der Waals surface area contributed by atoms with Crippen molar-refractivity contribution in [2.45, 2.75) is 37.8 Å². The van der Waals surface area contributed by atoms with Gasteiger partial charge in [-0.3, -0.25) is 0 Å². The Morgan fingerprint density at radius 3 is 2.53 bits per heavy atom. The molecule has 0 spiro atoms. The first-order chi connectivity index (χ1) is 17.9. The molecule has 2 aromatic carbocycles. The molecule has 1 N–H and O–H groups in total. The molecule has 0 radical (unpaired) electrons. The van der Waals surface area contributed by atoms with E-state index < -0.39 is 57.9 Å². The van der Waals surface area contributed by atoms with Crippen molar-refractivity contribution in [1.29, 1.82) is 0 Å². The molecule has 8 nitrogen and oxygen atoms in total. The van der Waals surface area contributed by atoms with Crippen LogP contribution in [0.25, 0.3) is 11.3 Å². The van der Waals surface area contributed by atoms with Gasteiger partial charge in [0.1, 0.15) is 28.2 Å². The number of nitrogens with zero attached hydrogens (tertiary/aromatic N) is 2. The Bertz CT molecular complexity index is 1520. The molecular formula is C24H27F2N3O5S2. The maximum Gasteiger partial charge on any atom is 0.410 e. The quantitative estimate of drug-likeness (QED) is 0.465. The van der Waals surface area contributed by atoms with E-state index in [1.165, 1.54) is 36.6 Å². The van der Waals surface area contributed by atoms with E-state index in [0.717, 1.165) is 18.3 Å². The molecule has 0 aliphatic rings. The number of ether oxygens (including phenoxy) is 1. The van der Waals surface area contributed by atoms with Crippen LogP contribution in [0.4, 0.5) is 19.3 Å². The van der Waals surface area contributed by atoms with Crippen LogP contribution in [0.15, 0.2) is 59.6 Å². The van der Waals surface area contributed by atoms with Crippen molar-refractivity contribution >= 4 is 32.8 Å². The number of hydrogen-bond donors (Lipinski definition) is 1. The molecule has 0 saturated heterocycles. The predicted molar refractivity (Wildman–Crippen MR) is 134 cm³/mol. The number of rotatable bonds is 7. The molecule has 0 aliphatic carbocycles. The molecular weight excluding hydrogens is 512 g/mol. The van der Waals surface area contributed by atoms with Gasteiger partial charge in [0, 0.05) is 40.9 Å². The second kappa shape index (κ2) is 10.4. The van der Waals surface area contributed by atoms with Crippen LogP contribution >= 0.6 is 0 Å². The molecule has 3 rings (SSSR count). The van der Waals surface area contributed by atoms with Gasteiger partial charge in [0.05, 0.1) is 17.1 Å². The van der Waals surface area contributed by atoms with Gasteiger partial charge in [-0.1, -0.05) is 6.07 Å². The second-order valence-corrected chi connectivity index (χ2v) is 11.7. The van der Waals surface area contributed by atoms with Crippen molar-refractivity contribution in [3.63, 3.8) is 0 Å². The Balaban J connectivity index is 2.18. The summed E-state index contributed by atoms with van der Waals surface area (Å²) in [5.41, 5.74) is -1.29. The minimum atomic E-state index is -4.46. The fourth-order valence-corrected chi connectivity index (χ4v) is 5.14. The molecule has 36 heavy (non-hydrogen) atoms. The number of carbonyl (C=O) groups excluding carboxylic acids is 1. The summed E-state index contributed by atoms with van der Waals surface area (Å²) in [5.74, 6) is -1.95. The minimum Gasteiger partial charge on any atom is -0.444 e. The largest absolute Gasteiger partial charge is 0.444 e. The highest BCUT2D eigenvalue weighted by molar-refractivity contribution is 7.90. The van der Waals surface area contributed by atoms with Crippen molar-refractivity contribution < 1.29 is 35.1 Å². The molecule has 1 aromatic heterocycles. The number of aromatic nitrogens is 1. The van der Waals surface area contributed by atoms with Gasteiger partial charge in [-0.15, -0.1) is 0 Å². The lowest BCUT2D eigenvalue weighted by molar-refractivity contribution is 0.0285. The zero-order chi connectivity index (χ0) is 29.3. The number of benzene rings is 2. The Kier molecular flexibility index (Phi) is 6.69. The van der Waals surface area contributed by atoms with Crippen LogP contribution < -0.4 is 4.72 Å². The Morgan fingerprint density at radius 1 is 1.19 bits per heavy atom. The van der Waals surface area contributed by atoms with Crippen molar-refractivity contribution in [3.05, 3.63) is 71.9 Å². The fraction of sp³-hybridized carbons (Fsp3) is 0.292. The van der Waals surface area contributed by atoms with E-state index in [9.17, 15) is 26.2 Å². The molecule has 0 saturated carbocycles. The lowest BCUT2D eigenvalue weighted by Crippen LogP contribution is -2.33. The SMILES string of the molecule is [2H]C([2H])([2H])N(Cc1cc(-c2ccc(F)cc2F)n(S(=O)(=O)c2cccc(NS(C)=O)c2)c1)C(=O)OC(C)(C)C. The highest BCUT2D eigenvalue weighted by Gasteiger charge is 2.26. The van der Waals surface area contributed by atoms with E-state index in [1.54, 1.807) is 20.8 Å². The lowest BCUT2D eigenvalue weighted by atomic mass is 10.1. The van der Waals surface area contributed by atoms with Gasteiger partial charge in [0.25, 0.3) is 10.0 Å². The number of nitrogens with one attached hydrogen (secondary N) is 1. The summed E-state index contributed by atoms with van der Waals surface area (Å²) in [5, 5.41) is 0. The van der Waals surface area contributed by atoms with Crippen molar-refractivity contribution in [2.24, 2.45) is 0 Å². The van der Waals surface area contributed by atoms with E-state index >= 15 is 0 Å². The highest BCUT2D eigenvalue weighted by Crippen LogP contribution is 2.31. The number of amides is 1. The molecule has 0 aliphatic heterocycles. The third-order valence-corrected chi connectivity index (χ3v) is 6.85. The molecule has 1 unspecified atom stereocenters. The van der Waals surface area contributed by atoms with E-state index in [0.29, 0.717) is 14.9 Å². The predicted octanol–water partition coefficient (Wildman–Crippen LogP) is 4.74. The number of hydrogen-bond acceptors (Lipinski definition) is 5. The fourth-order valence-electron chi connectivity index (χ4n) is 3.24. The van der Waals surface area contributed by atoms with Gasteiger partial charge in [-0.2, -0.15) is 0 Å². The first kappa shape index (κ1) is 23.2. The molecule has 12 heteroatoms. The minimum absolute atomic E-state index is 0.0169. The van der Waals surface area contributed by atoms with E-state index in [1.807, 2.05) is 0 Å². The summed E-state index contributed by atoms with van der Waals surface area (Å²) in [6.07, 6.45) is 1.24. The molecule has 0 bridgehead atoms. The number of anilines is 1. The van der Waals surface area contributed by atoms with Crippen LogP contribution in [-0.4, -0.2) is 46.4 Å². The second-order valence-electron chi connectivity index (χ2n) is 8.81. The topological polar surface area (TPSA) is 97.7 Å². The number of halogens is 2. The average molecular weight is 543 g/mol. The lowest BCUT2D eigenvalue weighted by Gasteiger charge is -2.24. The first-order valence-electron chi connectivity index (χ1n) is 12.0. The summed E-state index contributed by atoms with van der Waals surface area (Å²) in [6.45, 7) is 1.09. The van der Waals surface area contributed by atoms with Crippen LogP contribution in [-0.2, 0) is 32.3 Å². The number of carbonyl (C=O) groups is 1. The van der Waals surface area contributed by atoms with Crippen LogP contribution in [0.1, 0.15) is 30.4 Å². The normalized spacial score (nSPS) is 14.3. The average Bonchev–Trinajstić information content (AvgIpc) is 3.20. The van der Waals surface area contributed by atoms with E-state index in [2.05, 4.69) is 4.72 Å². The third-order valence-electron chi connectivity index (χ3n) is 4.66. The maximum atomic E-state index is 14.8. The molecule has 1 heterocycles. The third kappa shape index (κ3) is 6.49. The summed E-state index contributed by atoms with van der Waals surface area (Å²) in [6, 6.07) is 9.15. The maximum absolute atomic E-state index is 14.8. The monoisotopic (exact) mass is 542 g/mol. The van der Waals surface area contributed by atoms with Gasteiger partial charge in [0.2, 0.25) is 0 Å². The summed E-state index contributed by atoms with van der Waals surface area (Å²) < 4.78 is 99.3. The standard InChI is InChI=1S/C24H27F2N3O5S2/c1-24(2,3)34-23(30)28(4)14-16-11-22(20-10-9-17(25)12-21(20)26)29(15-16)36(32,33)19-8-6-7-18(13-19)27-35(5)31/h6-13,15,27H,14H2,1-5H3/i4D3. The van der Waals surface area contributed by atoms with E-state index in [4.69, 9.17) is 8.85 Å². The summed E-state index contributed by atoms with van der Waals surface area (Å²) in [4.78, 5) is 12.9. The molecule has 1 atom stereocenters. The zero-order valence-corrected chi connectivity index (χ0v) is 21.5. The van der Waals surface area contributed by atoms with Crippen molar-refractivity contribution in [2.75, 3.05) is 18.0 Å². The Labute approximate surface area is 215 Å². The van der Waals surface area contributed by atoms with Gasteiger partial charge in [-0.25, -0.2) is 30.2 Å². The molecule has 1 amide bonds. The van der Waals surface area contributed by atoms with Crippen LogP contribution in [0.2, 0.25) is 0 Å². The summed E-state index contributed by atoms with van der Waals surface area (Å²) in [7, 11) is -5.96. The smallest absolute Gasteiger partial charge is 0.410 e. The highest BCUT2D eigenvalue weighted by atomic mass is 32.2. The van der Waals surface area contributed by atoms with Gasteiger partial charge in [-0.05, 0) is 62.7 Å². The Morgan fingerprint density at radius 2 is 1.92 bits per heavy atom. The first-order valence-corrected chi connectivity index (χ1v) is 13.5. The van der Waals surface area contributed by atoms with Gasteiger partial charge >= 0.3 is 6.09 Å². The molecule has 3 aromatic rings. The zero-order valence-electron chi connectivity index (χ0n) is 22.9. The Hall–Kier alpha value is -3.25. The van der Waals surface area contributed by atoms with Crippen molar-refractivity contribution in [1.82, 2.24) is 8.87 Å². The molecule has 194 valence electrons. The van der Waals surface area contributed by atoms with Gasteiger partial charge < -0.3 is 14.4 Å². The van der Waals surface area contributed by atoms with Crippen LogP contribution in [0, 0.1) is 11.6 Å². The van der Waals surface area contributed by atoms with Gasteiger partial charge in [0.15, 0.2) is 0 Å².